The van der Waals surface area contributed by atoms with E-state index < -0.39 is 17.5 Å². The zero-order valence-corrected chi connectivity index (χ0v) is 16.4. The van der Waals surface area contributed by atoms with Gasteiger partial charge in [-0.25, -0.2) is 4.79 Å². The molecular weight excluding hydrogens is 350 g/mol. The minimum absolute atomic E-state index is 0.106. The van der Waals surface area contributed by atoms with Gasteiger partial charge in [0, 0.05) is 21.5 Å². The van der Waals surface area contributed by atoms with Crippen LogP contribution in [0.3, 0.4) is 0 Å². The van der Waals surface area contributed by atoms with Gasteiger partial charge in [-0.05, 0) is 50.2 Å². The Hall–Kier alpha value is -2.47. The SMILES string of the molecule is Cc1ccc(C(=O)O[C@@H](C)C(=O)c2ccc(NC(=O)C(C)(C)C)cc2)s1. The molecule has 6 heteroatoms. The third-order valence-corrected chi connectivity index (χ3v) is 4.68. The van der Waals surface area contributed by atoms with E-state index in [2.05, 4.69) is 5.32 Å². The van der Waals surface area contributed by atoms with E-state index >= 15 is 0 Å². The molecule has 0 bridgehead atoms. The number of anilines is 1. The predicted molar refractivity (Wildman–Crippen MR) is 103 cm³/mol. The van der Waals surface area contributed by atoms with E-state index in [-0.39, 0.29) is 11.7 Å². The molecule has 1 N–H and O–H groups in total. The average Bonchev–Trinajstić information content (AvgIpc) is 3.00. The van der Waals surface area contributed by atoms with Crippen molar-refractivity contribution in [1.29, 1.82) is 0 Å². The van der Waals surface area contributed by atoms with Crippen molar-refractivity contribution in [3.63, 3.8) is 0 Å². The highest BCUT2D eigenvalue weighted by molar-refractivity contribution is 7.13. The molecular formula is C20H23NO4S. The van der Waals surface area contributed by atoms with Gasteiger partial charge in [0.15, 0.2) is 6.10 Å². The molecule has 2 aromatic rings. The molecule has 0 fully saturated rings. The summed E-state index contributed by atoms with van der Waals surface area (Å²) in [6.07, 6.45) is -0.889. The van der Waals surface area contributed by atoms with Crippen molar-refractivity contribution in [2.24, 2.45) is 5.41 Å². The van der Waals surface area contributed by atoms with E-state index in [1.165, 1.54) is 11.3 Å². The van der Waals surface area contributed by atoms with E-state index in [1.807, 2.05) is 33.8 Å². The number of ketones is 1. The van der Waals surface area contributed by atoms with Crippen LogP contribution in [0.15, 0.2) is 36.4 Å². The first-order chi connectivity index (χ1) is 12.1. The summed E-state index contributed by atoms with van der Waals surface area (Å²) in [4.78, 5) is 38.0. The summed E-state index contributed by atoms with van der Waals surface area (Å²) in [5.74, 6) is -0.900. The highest BCUT2D eigenvalue weighted by Crippen LogP contribution is 2.20. The maximum atomic E-state index is 12.4. The highest BCUT2D eigenvalue weighted by atomic mass is 32.1. The van der Waals surface area contributed by atoms with Crippen molar-refractivity contribution >= 4 is 34.7 Å². The summed E-state index contributed by atoms with van der Waals surface area (Å²) in [6, 6.07) is 10.1. The minimum atomic E-state index is -0.889. The van der Waals surface area contributed by atoms with Crippen LogP contribution >= 0.6 is 11.3 Å². The number of benzene rings is 1. The summed E-state index contributed by atoms with van der Waals surface area (Å²) < 4.78 is 5.26. The third-order valence-electron chi connectivity index (χ3n) is 3.70. The Kier molecular flexibility index (Phi) is 5.97. The molecule has 1 atom stereocenters. The molecule has 1 aromatic carbocycles. The molecule has 138 valence electrons. The van der Waals surface area contributed by atoms with E-state index in [0.717, 1.165) is 4.88 Å². The van der Waals surface area contributed by atoms with Crippen LogP contribution in [0, 0.1) is 12.3 Å². The number of hydrogen-bond acceptors (Lipinski definition) is 5. The molecule has 5 nitrogen and oxygen atoms in total. The van der Waals surface area contributed by atoms with Gasteiger partial charge in [-0.15, -0.1) is 11.3 Å². The molecule has 0 radical (unpaired) electrons. The quantitative estimate of drug-likeness (QED) is 0.620. The van der Waals surface area contributed by atoms with Gasteiger partial charge in [-0.2, -0.15) is 0 Å². The lowest BCUT2D eigenvalue weighted by Crippen LogP contribution is -2.27. The average molecular weight is 373 g/mol. The number of rotatable bonds is 5. The number of carbonyl (C=O) groups is 3. The molecule has 2 rings (SSSR count). The Morgan fingerprint density at radius 3 is 2.15 bits per heavy atom. The van der Waals surface area contributed by atoms with Crippen LogP contribution in [0.1, 0.15) is 52.6 Å². The number of esters is 1. The first-order valence-electron chi connectivity index (χ1n) is 8.31. The summed E-state index contributed by atoms with van der Waals surface area (Å²) in [5.41, 5.74) is 0.527. The van der Waals surface area contributed by atoms with Crippen LogP contribution in [0.25, 0.3) is 0 Å². The number of Topliss-reactive ketones (excluding diaryl/α,β-unsaturated/α-hetero) is 1. The van der Waals surface area contributed by atoms with Gasteiger partial charge in [0.1, 0.15) is 4.88 Å². The first kappa shape index (κ1) is 19.8. The summed E-state index contributed by atoms with van der Waals surface area (Å²) in [5, 5.41) is 2.80. The zero-order chi connectivity index (χ0) is 19.5. The van der Waals surface area contributed by atoms with E-state index in [9.17, 15) is 14.4 Å². The lowest BCUT2D eigenvalue weighted by Gasteiger charge is -2.18. The lowest BCUT2D eigenvalue weighted by atomic mass is 9.95. The van der Waals surface area contributed by atoms with E-state index in [1.54, 1.807) is 37.3 Å². The van der Waals surface area contributed by atoms with Crippen LogP contribution in [-0.4, -0.2) is 23.8 Å². The summed E-state index contributed by atoms with van der Waals surface area (Å²) in [6.45, 7) is 8.92. The fraction of sp³-hybridized carbons (Fsp3) is 0.350. The first-order valence-corrected chi connectivity index (χ1v) is 9.13. The normalized spacial score (nSPS) is 12.3. The molecule has 0 saturated carbocycles. The second kappa shape index (κ2) is 7.83. The van der Waals surface area contributed by atoms with Crippen molar-refractivity contribution in [2.45, 2.75) is 40.7 Å². The number of carbonyl (C=O) groups excluding carboxylic acids is 3. The van der Waals surface area contributed by atoms with Gasteiger partial charge >= 0.3 is 5.97 Å². The molecule has 0 saturated heterocycles. The Bertz CT molecular complexity index is 815. The van der Waals surface area contributed by atoms with Gasteiger partial charge in [0.25, 0.3) is 0 Å². The second-order valence-corrected chi connectivity index (χ2v) is 8.39. The van der Waals surface area contributed by atoms with Crippen LogP contribution in [-0.2, 0) is 9.53 Å². The smallest absolute Gasteiger partial charge is 0.349 e. The molecule has 1 heterocycles. The Labute approximate surface area is 157 Å². The molecule has 0 aliphatic carbocycles. The van der Waals surface area contributed by atoms with Crippen LogP contribution in [0.4, 0.5) is 5.69 Å². The maximum Gasteiger partial charge on any atom is 0.349 e. The van der Waals surface area contributed by atoms with Gasteiger partial charge < -0.3 is 10.1 Å². The topological polar surface area (TPSA) is 72.5 Å². The molecule has 1 amide bonds. The van der Waals surface area contributed by atoms with Crippen molar-refractivity contribution in [3.05, 3.63) is 51.7 Å². The van der Waals surface area contributed by atoms with Crippen molar-refractivity contribution in [3.8, 4) is 0 Å². The largest absolute Gasteiger partial charge is 0.450 e. The molecule has 0 aliphatic rings. The standard InChI is InChI=1S/C20H23NO4S/c1-12-6-11-16(26-12)18(23)25-13(2)17(22)14-7-9-15(10-8-14)21-19(24)20(3,4)5/h6-11,13H,1-5H3,(H,21,24)/t13-/m0/s1. The number of aryl methyl sites for hydroxylation is 1. The van der Waals surface area contributed by atoms with Gasteiger partial charge in [0.05, 0.1) is 0 Å². The third kappa shape index (κ3) is 5.02. The van der Waals surface area contributed by atoms with Crippen LogP contribution in [0.5, 0.6) is 0 Å². The number of ether oxygens (including phenoxy) is 1. The molecule has 0 spiro atoms. The van der Waals surface area contributed by atoms with Crippen molar-refractivity contribution in [2.75, 3.05) is 5.32 Å². The number of amides is 1. The molecule has 1 aromatic heterocycles. The van der Waals surface area contributed by atoms with Crippen molar-refractivity contribution < 1.29 is 19.1 Å². The maximum absolute atomic E-state index is 12.4. The van der Waals surface area contributed by atoms with E-state index in [0.29, 0.717) is 16.1 Å². The van der Waals surface area contributed by atoms with Gasteiger partial charge in [-0.3, -0.25) is 9.59 Å². The van der Waals surface area contributed by atoms with Crippen LogP contribution in [0.2, 0.25) is 0 Å². The Morgan fingerprint density at radius 2 is 1.65 bits per heavy atom. The van der Waals surface area contributed by atoms with Gasteiger partial charge in [-0.1, -0.05) is 20.8 Å². The zero-order valence-electron chi connectivity index (χ0n) is 15.6. The van der Waals surface area contributed by atoms with E-state index in [4.69, 9.17) is 4.74 Å². The minimum Gasteiger partial charge on any atom is -0.450 e. The van der Waals surface area contributed by atoms with Crippen molar-refractivity contribution in [1.82, 2.24) is 0 Å². The predicted octanol–water partition coefficient (Wildman–Crippen LogP) is 4.47. The summed E-state index contributed by atoms with van der Waals surface area (Å²) >= 11 is 1.33. The number of thiophene rings is 1. The lowest BCUT2D eigenvalue weighted by molar-refractivity contribution is -0.123. The second-order valence-electron chi connectivity index (χ2n) is 7.10. The number of nitrogens with one attached hydrogen (secondary N) is 1. The Morgan fingerprint density at radius 1 is 1.04 bits per heavy atom. The highest BCUT2D eigenvalue weighted by Gasteiger charge is 2.23. The fourth-order valence-corrected chi connectivity index (χ4v) is 2.84. The molecule has 0 aliphatic heterocycles. The molecule has 26 heavy (non-hydrogen) atoms. The number of hydrogen-bond donors (Lipinski definition) is 1. The monoisotopic (exact) mass is 373 g/mol. The van der Waals surface area contributed by atoms with Crippen LogP contribution < -0.4 is 5.32 Å². The fourth-order valence-electron chi connectivity index (χ4n) is 2.09. The Balaban J connectivity index is 2.00. The molecule has 0 unspecified atom stereocenters. The van der Waals surface area contributed by atoms with Gasteiger partial charge in [0.2, 0.25) is 11.7 Å². The summed E-state index contributed by atoms with van der Waals surface area (Å²) in [7, 11) is 0.